The second-order valence-electron chi connectivity index (χ2n) is 3.75. The van der Waals surface area contributed by atoms with Gasteiger partial charge in [0, 0.05) is 12.4 Å². The third-order valence-electron chi connectivity index (χ3n) is 2.19. The van der Waals surface area contributed by atoms with Crippen LogP contribution in [0, 0.1) is 17.8 Å². The molecule has 0 aliphatic carbocycles. The minimum absolute atomic E-state index is 0. The molecule has 0 aromatic carbocycles. The van der Waals surface area contributed by atoms with E-state index >= 15 is 0 Å². The van der Waals surface area contributed by atoms with Crippen molar-refractivity contribution in [1.29, 1.82) is 0 Å². The zero-order valence-corrected chi connectivity index (χ0v) is 15.2. The van der Waals surface area contributed by atoms with E-state index in [1.54, 1.807) is 12.4 Å². The van der Waals surface area contributed by atoms with Crippen LogP contribution in [0.15, 0.2) is 51.2 Å². The van der Waals surface area contributed by atoms with E-state index in [1.165, 1.54) is 27.7 Å². The number of hydrogen-bond acceptors (Lipinski definition) is 9. The predicted molar refractivity (Wildman–Crippen MR) is 93.4 cm³/mol. The Balaban J connectivity index is -0.000000121. The third kappa shape index (κ3) is 17.6. The van der Waals surface area contributed by atoms with Crippen LogP contribution in [0.5, 0.6) is 0 Å². The normalized spacial score (nSPS) is 11.5. The third-order valence-corrected chi connectivity index (χ3v) is 2.19. The van der Waals surface area contributed by atoms with E-state index in [9.17, 15) is 10.4 Å². The summed E-state index contributed by atoms with van der Waals surface area (Å²) in [6.45, 7) is 5.94. The van der Waals surface area contributed by atoms with Crippen molar-refractivity contribution in [3.05, 3.63) is 48.4 Å². The number of hydrogen-bond donors (Lipinski definition) is 2. The molecule has 0 saturated heterocycles. The summed E-state index contributed by atoms with van der Waals surface area (Å²) in [6.07, 6.45) is 3.50. The molecular formula is C14H22CoN5O4. The van der Waals surface area contributed by atoms with Gasteiger partial charge in [0.05, 0.1) is 22.8 Å². The number of oxime groups is 2. The molecule has 136 valence electrons. The van der Waals surface area contributed by atoms with E-state index in [2.05, 4.69) is 25.6 Å². The van der Waals surface area contributed by atoms with Gasteiger partial charge in [0.1, 0.15) is 0 Å². The summed E-state index contributed by atoms with van der Waals surface area (Å²) >= 11 is 0. The molecule has 1 aromatic rings. The van der Waals surface area contributed by atoms with Crippen molar-refractivity contribution in [2.75, 3.05) is 0 Å². The molecule has 9 nitrogen and oxygen atoms in total. The van der Waals surface area contributed by atoms with Gasteiger partial charge in [0.25, 0.3) is 0 Å². The summed E-state index contributed by atoms with van der Waals surface area (Å²) in [6, 6.07) is 5.72. The number of rotatable bonds is 2. The van der Waals surface area contributed by atoms with Gasteiger partial charge >= 0.3 is 16.8 Å². The Morgan fingerprint density at radius 3 is 1.17 bits per heavy atom. The SMILES string of the molecule is CC(=N\[O-])/C(C)=N/O.CC(=N\[O-])/C(C)=N/O.[CH3-].[Co+3].c1ccncc1. The van der Waals surface area contributed by atoms with Crippen LogP contribution in [0.25, 0.3) is 0 Å². The Kier molecular flexibility index (Phi) is 25.3. The van der Waals surface area contributed by atoms with Gasteiger partial charge < -0.3 is 38.6 Å². The molecule has 1 heterocycles. The molecule has 0 amide bonds. The summed E-state index contributed by atoms with van der Waals surface area (Å²) in [5.74, 6) is 0. The molecule has 0 atom stereocenters. The van der Waals surface area contributed by atoms with Crippen LogP contribution in [0.2, 0.25) is 0 Å². The molecule has 0 spiro atoms. The van der Waals surface area contributed by atoms with Crippen molar-refractivity contribution < 1.29 is 27.2 Å². The zero-order valence-electron chi connectivity index (χ0n) is 14.2. The molecule has 0 unspecified atom stereocenters. The van der Waals surface area contributed by atoms with Gasteiger partial charge in [0.15, 0.2) is 0 Å². The Morgan fingerprint density at radius 1 is 0.750 bits per heavy atom. The Morgan fingerprint density at radius 2 is 1.08 bits per heavy atom. The molecule has 0 aliphatic heterocycles. The second kappa shape index (κ2) is 20.5. The summed E-state index contributed by atoms with van der Waals surface area (Å²) in [5.41, 5.74) is 0.903. The quantitative estimate of drug-likeness (QED) is 0.348. The summed E-state index contributed by atoms with van der Waals surface area (Å²) in [5, 5.41) is 45.8. The van der Waals surface area contributed by atoms with Crippen molar-refractivity contribution in [1.82, 2.24) is 4.98 Å². The van der Waals surface area contributed by atoms with Crippen molar-refractivity contribution in [3.63, 3.8) is 0 Å². The zero-order chi connectivity index (χ0) is 17.4. The van der Waals surface area contributed by atoms with Crippen LogP contribution < -0.4 is 0 Å². The van der Waals surface area contributed by atoms with E-state index in [-0.39, 0.29) is 47.1 Å². The fourth-order valence-electron chi connectivity index (χ4n) is 0.589. The molecule has 0 radical (unpaired) electrons. The van der Waals surface area contributed by atoms with Crippen molar-refractivity contribution in [3.8, 4) is 0 Å². The van der Waals surface area contributed by atoms with E-state index < -0.39 is 0 Å². The van der Waals surface area contributed by atoms with Crippen LogP contribution >= 0.6 is 0 Å². The molecule has 24 heavy (non-hydrogen) atoms. The standard InChI is InChI=1S/C5H5N.2C4H8N2O2.CH3.Co/c1-2-4-6-5-3-1;2*1-3(5-7)4(2)6-8;;/h1-5H;2*7-8H,1-2H3;1H3;/q;;;-1;+3/p-2/b;2*5-3+,6-4+;;. The molecule has 0 bridgehead atoms. The number of pyridine rings is 1. The first-order chi connectivity index (χ1) is 10.4. The molecule has 0 fully saturated rings. The first kappa shape index (κ1) is 29.5. The van der Waals surface area contributed by atoms with Crippen LogP contribution in [-0.4, -0.2) is 38.2 Å². The minimum Gasteiger partial charge on any atom is -0.792 e. The molecule has 0 aliphatic rings. The van der Waals surface area contributed by atoms with Gasteiger partial charge in [-0.05, 0) is 39.8 Å². The Bertz CT molecular complexity index is 428. The maximum absolute atomic E-state index is 9.63. The van der Waals surface area contributed by atoms with Gasteiger partial charge in [0.2, 0.25) is 0 Å². The average Bonchev–Trinajstić information content (AvgIpc) is 2.61. The molecule has 10 heteroatoms. The maximum Gasteiger partial charge on any atom is 3.00 e. The Labute approximate surface area is 152 Å². The van der Waals surface area contributed by atoms with E-state index in [0.29, 0.717) is 0 Å². The van der Waals surface area contributed by atoms with Gasteiger partial charge in [-0.1, -0.05) is 16.4 Å². The summed E-state index contributed by atoms with van der Waals surface area (Å²) in [7, 11) is 0. The number of nitrogens with zero attached hydrogens (tertiary/aromatic N) is 5. The monoisotopic (exact) mass is 383 g/mol. The van der Waals surface area contributed by atoms with E-state index in [1.807, 2.05) is 18.2 Å². The molecule has 2 N–H and O–H groups in total. The summed E-state index contributed by atoms with van der Waals surface area (Å²) in [4.78, 5) is 3.78. The maximum atomic E-state index is 9.63. The van der Waals surface area contributed by atoms with Crippen LogP contribution in [0.1, 0.15) is 27.7 Å². The van der Waals surface area contributed by atoms with Gasteiger partial charge in [-0.3, -0.25) is 4.98 Å². The van der Waals surface area contributed by atoms with Crippen molar-refractivity contribution >= 4 is 22.8 Å². The van der Waals surface area contributed by atoms with Crippen molar-refractivity contribution in [2.45, 2.75) is 27.7 Å². The first-order valence-electron chi connectivity index (χ1n) is 6.01. The largest absolute Gasteiger partial charge is 3.00 e. The smallest absolute Gasteiger partial charge is 0.792 e. The van der Waals surface area contributed by atoms with E-state index in [4.69, 9.17) is 10.4 Å². The molecular weight excluding hydrogens is 361 g/mol. The van der Waals surface area contributed by atoms with Gasteiger partial charge in [-0.25, -0.2) is 0 Å². The predicted octanol–water partition coefficient (Wildman–Crippen LogP) is 3.12. The topological polar surface area (TPSA) is 149 Å². The fraction of sp³-hybridized carbons (Fsp3) is 0.286. The minimum atomic E-state index is 0. The van der Waals surface area contributed by atoms with Crippen LogP contribution in [0.3, 0.4) is 0 Å². The summed E-state index contributed by atoms with van der Waals surface area (Å²) < 4.78 is 0. The molecule has 1 aromatic heterocycles. The average molecular weight is 383 g/mol. The molecule has 0 saturated carbocycles. The van der Waals surface area contributed by atoms with Crippen LogP contribution in [-0.2, 0) is 16.8 Å². The first-order valence-corrected chi connectivity index (χ1v) is 6.01. The van der Waals surface area contributed by atoms with Gasteiger partial charge in [-0.2, -0.15) is 0 Å². The van der Waals surface area contributed by atoms with E-state index in [0.717, 1.165) is 0 Å². The Hall–Kier alpha value is -2.46. The second-order valence-corrected chi connectivity index (χ2v) is 3.75. The fourth-order valence-corrected chi connectivity index (χ4v) is 0.589. The molecule has 1 rings (SSSR count). The van der Waals surface area contributed by atoms with Gasteiger partial charge in [-0.15, -0.1) is 0 Å². The number of aromatic nitrogens is 1. The van der Waals surface area contributed by atoms with Crippen molar-refractivity contribution in [2.24, 2.45) is 20.6 Å². The van der Waals surface area contributed by atoms with Crippen LogP contribution in [0.4, 0.5) is 0 Å².